The molecule has 0 bridgehead atoms. The summed E-state index contributed by atoms with van der Waals surface area (Å²) in [5, 5.41) is 2.27. The predicted octanol–water partition coefficient (Wildman–Crippen LogP) is 4.92. The fourth-order valence-electron chi connectivity index (χ4n) is 4.58. The summed E-state index contributed by atoms with van der Waals surface area (Å²) in [6, 6.07) is 7.81. The van der Waals surface area contributed by atoms with Crippen LogP contribution in [0, 0.1) is 5.92 Å². The number of hydrogen-bond acceptors (Lipinski definition) is 5. The van der Waals surface area contributed by atoms with E-state index in [1.54, 1.807) is 26.0 Å². The van der Waals surface area contributed by atoms with Gasteiger partial charge in [0, 0.05) is 5.92 Å². The van der Waals surface area contributed by atoms with Crippen LogP contribution in [0.2, 0.25) is 0 Å². The molecule has 4 rings (SSSR count). The molecule has 1 aromatic carbocycles. The van der Waals surface area contributed by atoms with Crippen LogP contribution in [0.3, 0.4) is 0 Å². The lowest BCUT2D eigenvalue weighted by Gasteiger charge is -2.18. The van der Waals surface area contributed by atoms with Crippen molar-refractivity contribution >= 4 is 29.3 Å². The largest absolute Gasteiger partial charge is 0.461 e. The Balaban J connectivity index is 1.73. The highest BCUT2D eigenvalue weighted by Gasteiger charge is 2.46. The summed E-state index contributed by atoms with van der Waals surface area (Å²) in [5.74, 6) is -2.83. The summed E-state index contributed by atoms with van der Waals surface area (Å²) < 4.78 is 5.25. The summed E-state index contributed by atoms with van der Waals surface area (Å²) in [6.45, 7) is 3.31. The average Bonchev–Trinajstić information content (AvgIpc) is 3.30. The zero-order chi connectivity index (χ0) is 22.8. The first-order valence-corrected chi connectivity index (χ1v) is 11.3. The maximum atomic E-state index is 13.3. The van der Waals surface area contributed by atoms with Crippen molar-refractivity contribution < 1.29 is 23.6 Å². The van der Waals surface area contributed by atoms with Crippen LogP contribution in [0.1, 0.15) is 85.9 Å². The van der Waals surface area contributed by atoms with Crippen LogP contribution in [0.4, 0.5) is 10.5 Å². The van der Waals surface area contributed by atoms with E-state index in [1.165, 1.54) is 25.2 Å². The van der Waals surface area contributed by atoms with Crippen LogP contribution in [0.5, 0.6) is 0 Å². The summed E-state index contributed by atoms with van der Waals surface area (Å²) in [6.07, 6.45) is 8.26. The Labute approximate surface area is 187 Å². The van der Waals surface area contributed by atoms with Gasteiger partial charge in [0.2, 0.25) is 11.7 Å². The highest BCUT2D eigenvalue weighted by Crippen LogP contribution is 2.42. The van der Waals surface area contributed by atoms with Crippen molar-refractivity contribution in [3.8, 4) is 0 Å². The molecule has 7 nitrogen and oxygen atoms in total. The van der Waals surface area contributed by atoms with Crippen LogP contribution in [-0.2, 0) is 9.59 Å². The number of nitrogens with one attached hydrogen (secondary N) is 1. The van der Waals surface area contributed by atoms with Gasteiger partial charge >= 0.3 is 6.03 Å². The van der Waals surface area contributed by atoms with E-state index in [1.807, 2.05) is 12.1 Å². The van der Waals surface area contributed by atoms with Gasteiger partial charge in [0.15, 0.2) is 5.76 Å². The van der Waals surface area contributed by atoms with Crippen molar-refractivity contribution in [1.29, 1.82) is 0 Å². The minimum absolute atomic E-state index is 0.0645. The predicted molar refractivity (Wildman–Crippen MR) is 119 cm³/mol. The number of benzene rings is 1. The van der Waals surface area contributed by atoms with E-state index in [0.717, 1.165) is 36.1 Å². The number of Topliss-reactive ketones (excluding diaryl/α,β-unsaturated/α-hetero) is 1. The van der Waals surface area contributed by atoms with Gasteiger partial charge < -0.3 is 4.42 Å². The molecule has 7 heteroatoms. The van der Waals surface area contributed by atoms with Gasteiger partial charge in [-0.05, 0) is 48.1 Å². The molecule has 1 aromatic heterocycles. The zero-order valence-electron chi connectivity index (χ0n) is 18.4. The molecule has 168 valence electrons. The molecular formula is C25H28N2O5. The van der Waals surface area contributed by atoms with Gasteiger partial charge in [-0.1, -0.05) is 51.7 Å². The van der Waals surface area contributed by atoms with Crippen LogP contribution >= 0.6 is 0 Å². The van der Waals surface area contributed by atoms with E-state index in [2.05, 4.69) is 5.32 Å². The first kappa shape index (κ1) is 22.0. The highest BCUT2D eigenvalue weighted by atomic mass is 16.3. The molecule has 32 heavy (non-hydrogen) atoms. The van der Waals surface area contributed by atoms with E-state index in [0.29, 0.717) is 17.2 Å². The number of rotatable bonds is 4. The van der Waals surface area contributed by atoms with Crippen molar-refractivity contribution in [3.63, 3.8) is 0 Å². The van der Waals surface area contributed by atoms with Crippen molar-refractivity contribution in [1.82, 2.24) is 5.32 Å². The third-order valence-corrected chi connectivity index (χ3v) is 6.38. The number of urea groups is 1. The van der Waals surface area contributed by atoms with E-state index in [-0.39, 0.29) is 5.76 Å². The molecule has 1 aliphatic heterocycles. The van der Waals surface area contributed by atoms with Crippen molar-refractivity contribution in [2.24, 2.45) is 5.92 Å². The van der Waals surface area contributed by atoms with Gasteiger partial charge in [-0.2, -0.15) is 0 Å². The molecule has 1 fully saturated rings. The molecule has 1 aliphatic carbocycles. The summed E-state index contributed by atoms with van der Waals surface area (Å²) in [7, 11) is 0. The fraction of sp³-hybridized carbons (Fsp3) is 0.440. The van der Waals surface area contributed by atoms with E-state index in [9.17, 15) is 19.2 Å². The molecule has 1 saturated carbocycles. The van der Waals surface area contributed by atoms with Gasteiger partial charge in [0.1, 0.15) is 5.92 Å². The van der Waals surface area contributed by atoms with E-state index >= 15 is 0 Å². The zero-order valence-corrected chi connectivity index (χ0v) is 18.4. The average molecular weight is 437 g/mol. The smallest absolute Gasteiger partial charge is 0.335 e. The molecule has 0 spiro atoms. The Hall–Kier alpha value is -3.22. The Morgan fingerprint density at radius 3 is 2.41 bits per heavy atom. The third kappa shape index (κ3) is 4.11. The molecule has 2 aromatic rings. The second-order valence-corrected chi connectivity index (χ2v) is 8.90. The van der Waals surface area contributed by atoms with Gasteiger partial charge in [-0.15, -0.1) is 0 Å². The number of carbonyl (C=O) groups is 4. The number of furan rings is 1. The fourth-order valence-corrected chi connectivity index (χ4v) is 4.58. The molecular weight excluding hydrogens is 408 g/mol. The van der Waals surface area contributed by atoms with Crippen LogP contribution in [-0.4, -0.2) is 23.6 Å². The molecule has 2 aliphatic rings. The second-order valence-electron chi connectivity index (χ2n) is 8.90. The SMILES string of the molecule is CC(C)C(=O)NC(=O)N1C(=O)C(C(=O)c2ccco2)c2cc(C3CCCCCC3)ccc21. The Morgan fingerprint density at radius 1 is 1.06 bits per heavy atom. The molecule has 4 amide bonds. The number of amides is 4. The highest BCUT2D eigenvalue weighted by molar-refractivity contribution is 6.30. The lowest BCUT2D eigenvalue weighted by Crippen LogP contribution is -2.46. The maximum Gasteiger partial charge on any atom is 0.335 e. The second kappa shape index (κ2) is 9.10. The minimum Gasteiger partial charge on any atom is -0.461 e. The number of hydrogen-bond donors (Lipinski definition) is 1. The molecule has 1 atom stereocenters. The van der Waals surface area contributed by atoms with Gasteiger partial charge in [-0.3, -0.25) is 19.7 Å². The number of anilines is 1. The van der Waals surface area contributed by atoms with E-state index in [4.69, 9.17) is 4.42 Å². The van der Waals surface area contributed by atoms with Crippen molar-refractivity contribution in [3.05, 3.63) is 53.5 Å². The van der Waals surface area contributed by atoms with Crippen molar-refractivity contribution in [2.75, 3.05) is 4.90 Å². The third-order valence-electron chi connectivity index (χ3n) is 6.38. The Bertz CT molecular complexity index is 1030. The van der Waals surface area contributed by atoms with Gasteiger partial charge in [-0.25, -0.2) is 9.69 Å². The molecule has 1 N–H and O–H groups in total. The van der Waals surface area contributed by atoms with Crippen molar-refractivity contribution in [2.45, 2.75) is 64.2 Å². The minimum atomic E-state index is -1.18. The lowest BCUT2D eigenvalue weighted by molar-refractivity contribution is -0.122. The Kier molecular flexibility index (Phi) is 6.26. The first-order valence-electron chi connectivity index (χ1n) is 11.3. The molecule has 0 radical (unpaired) electrons. The number of nitrogens with zero attached hydrogens (tertiary/aromatic N) is 1. The number of imide groups is 2. The van der Waals surface area contributed by atoms with E-state index < -0.39 is 35.5 Å². The number of fused-ring (bicyclic) bond motifs is 1. The van der Waals surface area contributed by atoms with Gasteiger partial charge in [0.25, 0.3) is 5.91 Å². The normalized spacial score (nSPS) is 19.0. The molecule has 0 saturated heterocycles. The quantitative estimate of drug-likeness (QED) is 0.417. The Morgan fingerprint density at radius 2 is 1.78 bits per heavy atom. The van der Waals surface area contributed by atoms with Crippen LogP contribution in [0.25, 0.3) is 0 Å². The summed E-state index contributed by atoms with van der Waals surface area (Å²) >= 11 is 0. The number of carbonyl (C=O) groups excluding carboxylic acids is 4. The van der Waals surface area contributed by atoms with Crippen LogP contribution < -0.4 is 10.2 Å². The summed E-state index contributed by atoms with van der Waals surface area (Å²) in [5.41, 5.74) is 1.91. The lowest BCUT2D eigenvalue weighted by atomic mass is 9.87. The van der Waals surface area contributed by atoms with Gasteiger partial charge in [0.05, 0.1) is 12.0 Å². The maximum absolute atomic E-state index is 13.3. The molecule has 1 unspecified atom stereocenters. The monoisotopic (exact) mass is 436 g/mol. The summed E-state index contributed by atoms with van der Waals surface area (Å²) in [4.78, 5) is 52.4. The standard InChI is InChI=1S/C25H28N2O5/c1-15(2)23(29)26-25(31)27-19-12-11-17(16-8-5-3-4-6-9-16)14-18(19)21(24(27)30)22(28)20-10-7-13-32-20/h7,10-16,21H,3-6,8-9H2,1-2H3,(H,26,29,31). The topological polar surface area (TPSA) is 96.7 Å². The number of ketones is 1. The molecule has 2 heterocycles. The first-order chi connectivity index (χ1) is 15.4. The van der Waals surface area contributed by atoms with Crippen LogP contribution in [0.15, 0.2) is 41.0 Å².